The van der Waals surface area contributed by atoms with Gasteiger partial charge in [0, 0.05) is 13.1 Å². The topological polar surface area (TPSA) is 75.5 Å². The lowest BCUT2D eigenvalue weighted by Crippen LogP contribution is -2.37. The lowest BCUT2D eigenvalue weighted by Gasteiger charge is -2.29. The van der Waals surface area contributed by atoms with E-state index in [1.165, 1.54) is 11.3 Å². The molecule has 0 spiro atoms. The number of rotatable bonds is 3. The molecule has 2 aromatic heterocycles. The zero-order valence-corrected chi connectivity index (χ0v) is 12.8. The number of carbonyl (C=O) groups is 1. The molecule has 1 aliphatic rings. The minimum atomic E-state index is -0.932. The van der Waals surface area contributed by atoms with Gasteiger partial charge in [-0.15, -0.1) is 11.3 Å². The maximum atomic E-state index is 11.1. The second-order valence-corrected chi connectivity index (χ2v) is 6.32. The number of nitrogens with zero attached hydrogens (tertiary/aromatic N) is 3. The predicted molar refractivity (Wildman–Crippen MR) is 81.5 cm³/mol. The van der Waals surface area contributed by atoms with Crippen molar-refractivity contribution in [2.75, 3.05) is 31.2 Å². The van der Waals surface area contributed by atoms with E-state index in [9.17, 15) is 4.79 Å². The predicted octanol–water partition coefficient (Wildman–Crippen LogP) is 2.35. The molecule has 3 heterocycles. The number of anilines is 1. The molecular formula is C14H17N3O3S. The van der Waals surface area contributed by atoms with Gasteiger partial charge in [-0.1, -0.05) is 13.8 Å². The summed E-state index contributed by atoms with van der Waals surface area (Å²) >= 11 is 1.17. The minimum absolute atomic E-state index is 0.230. The molecule has 0 aliphatic carbocycles. The number of hydrogen-bond acceptors (Lipinski definition) is 6. The first-order chi connectivity index (χ1) is 10.1. The maximum Gasteiger partial charge on any atom is 0.346 e. The normalized spacial score (nSPS) is 15.9. The third kappa shape index (κ3) is 2.71. The van der Waals surface area contributed by atoms with Gasteiger partial charge in [0.15, 0.2) is 5.82 Å². The molecule has 1 N–H and O–H groups in total. The van der Waals surface area contributed by atoms with E-state index in [2.05, 4.69) is 28.7 Å². The third-order valence-corrected chi connectivity index (χ3v) is 4.45. The average molecular weight is 307 g/mol. The smallest absolute Gasteiger partial charge is 0.346 e. The van der Waals surface area contributed by atoms with Gasteiger partial charge in [0.1, 0.15) is 15.2 Å². The maximum absolute atomic E-state index is 11.1. The second-order valence-electron chi connectivity index (χ2n) is 5.29. The van der Waals surface area contributed by atoms with Crippen molar-refractivity contribution in [3.63, 3.8) is 0 Å². The molecule has 0 aromatic carbocycles. The zero-order valence-electron chi connectivity index (χ0n) is 12.0. The Morgan fingerprint density at radius 1 is 1.38 bits per heavy atom. The van der Waals surface area contributed by atoms with Crippen LogP contribution >= 0.6 is 11.3 Å². The summed E-state index contributed by atoms with van der Waals surface area (Å²) in [5.74, 6) is 0.159. The van der Waals surface area contributed by atoms with Gasteiger partial charge >= 0.3 is 5.97 Å². The van der Waals surface area contributed by atoms with Gasteiger partial charge in [-0.25, -0.2) is 14.8 Å². The first-order valence-corrected chi connectivity index (χ1v) is 7.75. The van der Waals surface area contributed by atoms with Gasteiger partial charge in [0.25, 0.3) is 0 Å². The Morgan fingerprint density at radius 3 is 2.71 bits per heavy atom. The molecule has 3 rings (SSSR count). The molecule has 7 heteroatoms. The molecular weight excluding hydrogens is 290 g/mol. The van der Waals surface area contributed by atoms with Crippen LogP contribution in [0.4, 0.5) is 5.82 Å². The standard InChI is InChI=1S/C14H17N3O3S/c1-8(2)11-12(17-3-5-20-6-4-17)16-13-9(15-11)7-10(21-13)14(18)19/h7-8H,3-6H2,1-2H3,(H,18,19). The van der Waals surface area contributed by atoms with Crippen molar-refractivity contribution in [2.24, 2.45) is 0 Å². The van der Waals surface area contributed by atoms with E-state index in [1.807, 2.05) is 0 Å². The highest BCUT2D eigenvalue weighted by molar-refractivity contribution is 7.20. The Hall–Kier alpha value is -1.73. The number of thiophene rings is 1. The van der Waals surface area contributed by atoms with Crippen LogP contribution in [0.15, 0.2) is 6.07 Å². The number of carboxylic acids is 1. The summed E-state index contributed by atoms with van der Waals surface area (Å²) < 4.78 is 5.38. The quantitative estimate of drug-likeness (QED) is 0.938. The minimum Gasteiger partial charge on any atom is -0.477 e. The van der Waals surface area contributed by atoms with Gasteiger partial charge in [0.05, 0.1) is 18.9 Å². The molecule has 0 atom stereocenters. The van der Waals surface area contributed by atoms with Crippen LogP contribution < -0.4 is 4.90 Å². The van der Waals surface area contributed by atoms with E-state index in [-0.39, 0.29) is 10.8 Å². The Kier molecular flexibility index (Phi) is 3.77. The Morgan fingerprint density at radius 2 is 2.10 bits per heavy atom. The zero-order chi connectivity index (χ0) is 15.0. The van der Waals surface area contributed by atoms with Crippen LogP contribution in [0.3, 0.4) is 0 Å². The molecule has 2 aromatic rings. The number of morpholine rings is 1. The van der Waals surface area contributed by atoms with E-state index in [4.69, 9.17) is 9.84 Å². The molecule has 1 fully saturated rings. The van der Waals surface area contributed by atoms with Crippen molar-refractivity contribution in [1.82, 2.24) is 9.97 Å². The van der Waals surface area contributed by atoms with E-state index in [0.29, 0.717) is 23.6 Å². The fraction of sp³-hybridized carbons (Fsp3) is 0.500. The average Bonchev–Trinajstić information content (AvgIpc) is 2.90. The molecule has 0 saturated carbocycles. The van der Waals surface area contributed by atoms with Gasteiger partial charge in [0.2, 0.25) is 0 Å². The van der Waals surface area contributed by atoms with Crippen molar-refractivity contribution in [3.05, 3.63) is 16.6 Å². The highest BCUT2D eigenvalue weighted by Crippen LogP contribution is 2.31. The van der Waals surface area contributed by atoms with Gasteiger partial charge < -0.3 is 14.7 Å². The number of carboxylic acid groups (broad SMARTS) is 1. The summed E-state index contributed by atoms with van der Waals surface area (Å²) in [5, 5.41) is 9.11. The van der Waals surface area contributed by atoms with Crippen molar-refractivity contribution in [2.45, 2.75) is 19.8 Å². The van der Waals surface area contributed by atoms with Crippen molar-refractivity contribution < 1.29 is 14.6 Å². The molecule has 0 radical (unpaired) electrons. The lowest BCUT2D eigenvalue weighted by molar-refractivity contribution is 0.0702. The molecule has 0 bridgehead atoms. The highest BCUT2D eigenvalue weighted by atomic mass is 32.1. The molecule has 21 heavy (non-hydrogen) atoms. The van der Waals surface area contributed by atoms with Crippen LogP contribution in [0.1, 0.15) is 35.1 Å². The number of aromatic nitrogens is 2. The Labute approximate surface area is 126 Å². The van der Waals surface area contributed by atoms with Crippen molar-refractivity contribution in [1.29, 1.82) is 0 Å². The van der Waals surface area contributed by atoms with Gasteiger partial charge in [-0.2, -0.15) is 0 Å². The number of aromatic carboxylic acids is 1. The van der Waals surface area contributed by atoms with Crippen LogP contribution in [0.25, 0.3) is 10.3 Å². The van der Waals surface area contributed by atoms with Crippen LogP contribution in [0, 0.1) is 0 Å². The summed E-state index contributed by atoms with van der Waals surface area (Å²) in [6.45, 7) is 7.09. The highest BCUT2D eigenvalue weighted by Gasteiger charge is 2.21. The summed E-state index contributed by atoms with van der Waals surface area (Å²) in [6.07, 6.45) is 0. The largest absolute Gasteiger partial charge is 0.477 e. The molecule has 112 valence electrons. The SMILES string of the molecule is CC(C)c1nc2cc(C(=O)O)sc2nc1N1CCOCC1. The Bertz CT molecular complexity index is 677. The fourth-order valence-corrected chi connectivity index (χ4v) is 3.17. The van der Waals surface area contributed by atoms with Crippen molar-refractivity contribution in [3.8, 4) is 0 Å². The van der Waals surface area contributed by atoms with Crippen LogP contribution in [-0.4, -0.2) is 47.3 Å². The third-order valence-electron chi connectivity index (χ3n) is 3.44. The first kappa shape index (κ1) is 14.2. The summed E-state index contributed by atoms with van der Waals surface area (Å²) in [6, 6.07) is 1.60. The van der Waals surface area contributed by atoms with E-state index in [1.54, 1.807) is 6.07 Å². The summed E-state index contributed by atoms with van der Waals surface area (Å²) in [4.78, 5) is 23.6. The van der Waals surface area contributed by atoms with Gasteiger partial charge in [-0.3, -0.25) is 0 Å². The lowest BCUT2D eigenvalue weighted by atomic mass is 10.1. The number of hydrogen-bond donors (Lipinski definition) is 1. The van der Waals surface area contributed by atoms with Crippen LogP contribution in [-0.2, 0) is 4.74 Å². The summed E-state index contributed by atoms with van der Waals surface area (Å²) in [5.41, 5.74) is 1.58. The van der Waals surface area contributed by atoms with Crippen LogP contribution in [0.5, 0.6) is 0 Å². The number of fused-ring (bicyclic) bond motifs is 1. The van der Waals surface area contributed by atoms with Crippen molar-refractivity contribution >= 4 is 33.5 Å². The molecule has 1 saturated heterocycles. The van der Waals surface area contributed by atoms with E-state index >= 15 is 0 Å². The van der Waals surface area contributed by atoms with E-state index < -0.39 is 5.97 Å². The Balaban J connectivity index is 2.11. The van der Waals surface area contributed by atoms with E-state index in [0.717, 1.165) is 24.6 Å². The fourth-order valence-electron chi connectivity index (χ4n) is 2.37. The molecule has 6 nitrogen and oxygen atoms in total. The molecule has 0 amide bonds. The molecule has 1 aliphatic heterocycles. The van der Waals surface area contributed by atoms with Crippen LogP contribution in [0.2, 0.25) is 0 Å². The number of ether oxygens (including phenoxy) is 1. The van der Waals surface area contributed by atoms with Gasteiger partial charge in [-0.05, 0) is 12.0 Å². The monoisotopic (exact) mass is 307 g/mol. The first-order valence-electron chi connectivity index (χ1n) is 6.93. The second kappa shape index (κ2) is 5.57. The summed E-state index contributed by atoms with van der Waals surface area (Å²) in [7, 11) is 0. The molecule has 0 unspecified atom stereocenters.